The number of carbonyl (C=O) groups excluding carboxylic acids is 3. The third-order valence-corrected chi connectivity index (χ3v) is 4.16. The van der Waals surface area contributed by atoms with Crippen LogP contribution in [0.15, 0.2) is 35.7 Å². The molecule has 0 aliphatic heterocycles. The number of rotatable bonds is 8. The van der Waals surface area contributed by atoms with Crippen molar-refractivity contribution < 1.29 is 19.1 Å². The number of thiazole rings is 1. The molecule has 0 saturated heterocycles. The number of anilines is 1. The van der Waals surface area contributed by atoms with E-state index >= 15 is 0 Å². The summed E-state index contributed by atoms with van der Waals surface area (Å²) in [5, 5.41) is 7.48. The predicted octanol–water partition coefficient (Wildman–Crippen LogP) is 0.921. The summed E-state index contributed by atoms with van der Waals surface area (Å²) in [7, 11) is 1.24. The molecule has 146 valence electrons. The molecular formula is C18H24N4O4S. The molecule has 27 heavy (non-hydrogen) atoms. The number of nitrogens with one attached hydrogen (secondary N) is 2. The van der Waals surface area contributed by atoms with Gasteiger partial charge in [0.25, 0.3) is 0 Å². The normalized spacial score (nSPS) is 10.7. The Morgan fingerprint density at radius 1 is 1.33 bits per heavy atom. The highest BCUT2D eigenvalue weighted by atomic mass is 32.1. The number of nitrogens with two attached hydrogens (primary N) is 1. The van der Waals surface area contributed by atoms with Crippen LogP contribution in [-0.2, 0) is 32.0 Å². The second-order valence-corrected chi connectivity index (χ2v) is 6.24. The van der Waals surface area contributed by atoms with Crippen LogP contribution in [-0.4, -0.2) is 43.0 Å². The van der Waals surface area contributed by atoms with Gasteiger partial charge in [0, 0.05) is 11.8 Å². The number of nitrogens with zero attached hydrogens (tertiary/aromatic N) is 1. The minimum Gasteiger partial charge on any atom is -0.468 e. The lowest BCUT2D eigenvalue weighted by atomic mass is 10.1. The molecule has 0 fully saturated rings. The molecule has 0 spiro atoms. The van der Waals surface area contributed by atoms with E-state index in [0.717, 1.165) is 17.7 Å². The molecule has 1 heterocycles. The van der Waals surface area contributed by atoms with Crippen LogP contribution in [0.1, 0.15) is 18.2 Å². The number of hydrogen-bond acceptors (Lipinski definition) is 7. The van der Waals surface area contributed by atoms with Gasteiger partial charge in [-0.25, -0.2) is 4.98 Å². The fourth-order valence-electron chi connectivity index (χ4n) is 2.00. The van der Waals surface area contributed by atoms with Crippen LogP contribution in [0.4, 0.5) is 5.13 Å². The quantitative estimate of drug-likeness (QED) is 0.453. The van der Waals surface area contributed by atoms with E-state index in [9.17, 15) is 14.4 Å². The van der Waals surface area contributed by atoms with Gasteiger partial charge in [0.05, 0.1) is 12.8 Å². The van der Waals surface area contributed by atoms with Crippen LogP contribution in [0.25, 0.3) is 0 Å². The molecule has 1 atom stereocenters. The molecule has 1 unspecified atom stereocenters. The molecule has 8 nitrogen and oxygen atoms in total. The first-order chi connectivity index (χ1) is 13.0. The summed E-state index contributed by atoms with van der Waals surface area (Å²) in [5.74, 6) is -0.973. The van der Waals surface area contributed by atoms with Crippen molar-refractivity contribution in [3.05, 3.63) is 47.0 Å². The Bertz CT molecular complexity index is 721. The zero-order chi connectivity index (χ0) is 20.1. The number of amides is 2. The maximum atomic E-state index is 11.8. The fourth-order valence-corrected chi connectivity index (χ4v) is 2.65. The molecular weight excluding hydrogens is 368 g/mol. The lowest BCUT2D eigenvalue weighted by Gasteiger charge is -2.15. The number of methoxy groups -OCH3 is 1. The van der Waals surface area contributed by atoms with Gasteiger partial charge in [0.15, 0.2) is 5.13 Å². The molecule has 0 bridgehead atoms. The summed E-state index contributed by atoms with van der Waals surface area (Å²) < 4.78 is 4.41. The molecule has 1 aromatic heterocycles. The van der Waals surface area contributed by atoms with E-state index in [0.29, 0.717) is 18.0 Å². The molecule has 0 radical (unpaired) electrons. The second-order valence-electron chi connectivity index (χ2n) is 5.35. The van der Waals surface area contributed by atoms with Crippen molar-refractivity contribution in [1.29, 1.82) is 0 Å². The van der Waals surface area contributed by atoms with Crippen LogP contribution < -0.4 is 16.4 Å². The van der Waals surface area contributed by atoms with E-state index in [1.54, 1.807) is 0 Å². The highest BCUT2D eigenvalue weighted by Crippen LogP contribution is 2.10. The minimum absolute atomic E-state index is 0.221. The maximum absolute atomic E-state index is 11.8. The molecule has 0 aliphatic rings. The van der Waals surface area contributed by atoms with Gasteiger partial charge < -0.3 is 21.1 Å². The summed E-state index contributed by atoms with van der Waals surface area (Å²) in [6.07, 6.45) is 1.80. The first kappa shape index (κ1) is 22.1. The Kier molecular flexibility index (Phi) is 10.2. The van der Waals surface area contributed by atoms with Crippen LogP contribution in [0, 0.1) is 0 Å². The fraction of sp³-hybridized carbons (Fsp3) is 0.333. The molecule has 2 amide bonds. The summed E-state index contributed by atoms with van der Waals surface area (Å²) in [5.41, 5.74) is 7.36. The molecule has 2 rings (SSSR count). The number of aromatic nitrogens is 1. The zero-order valence-electron chi connectivity index (χ0n) is 15.3. The van der Waals surface area contributed by atoms with E-state index < -0.39 is 17.9 Å². The monoisotopic (exact) mass is 392 g/mol. The van der Waals surface area contributed by atoms with Crippen molar-refractivity contribution in [1.82, 2.24) is 15.6 Å². The van der Waals surface area contributed by atoms with Gasteiger partial charge in [-0.3, -0.25) is 14.4 Å². The van der Waals surface area contributed by atoms with Crippen LogP contribution in [0.2, 0.25) is 0 Å². The van der Waals surface area contributed by atoms with E-state index in [2.05, 4.69) is 27.3 Å². The summed E-state index contributed by atoms with van der Waals surface area (Å²) in [4.78, 5) is 37.3. The average molecular weight is 392 g/mol. The SMILES string of the molecule is CCc1csc(N)n1.COC(=O)CNC(=O)C(Cc1ccccc1)NC=O. The van der Waals surface area contributed by atoms with Crippen molar-refractivity contribution in [3.8, 4) is 0 Å². The van der Waals surface area contributed by atoms with E-state index in [4.69, 9.17) is 5.73 Å². The highest BCUT2D eigenvalue weighted by Gasteiger charge is 2.18. The van der Waals surface area contributed by atoms with Crippen molar-refractivity contribution in [2.45, 2.75) is 25.8 Å². The Morgan fingerprint density at radius 2 is 2.04 bits per heavy atom. The summed E-state index contributed by atoms with van der Waals surface area (Å²) in [6.45, 7) is 1.84. The molecule has 0 saturated carbocycles. The second kappa shape index (κ2) is 12.4. The topological polar surface area (TPSA) is 123 Å². The van der Waals surface area contributed by atoms with E-state index in [-0.39, 0.29) is 6.54 Å². The third kappa shape index (κ3) is 8.82. The first-order valence-electron chi connectivity index (χ1n) is 8.28. The number of nitrogen functional groups attached to an aromatic ring is 1. The summed E-state index contributed by atoms with van der Waals surface area (Å²) in [6, 6.07) is 8.55. The lowest BCUT2D eigenvalue weighted by molar-refractivity contribution is -0.141. The van der Waals surface area contributed by atoms with Gasteiger partial charge in [0.2, 0.25) is 12.3 Å². The number of esters is 1. The first-order valence-corrected chi connectivity index (χ1v) is 9.16. The summed E-state index contributed by atoms with van der Waals surface area (Å²) >= 11 is 1.50. The number of carbonyl (C=O) groups is 3. The Hall–Kier alpha value is -2.94. The van der Waals surface area contributed by atoms with Gasteiger partial charge >= 0.3 is 5.97 Å². The average Bonchev–Trinajstić information content (AvgIpc) is 3.12. The van der Waals surface area contributed by atoms with Gasteiger partial charge in [-0.15, -0.1) is 11.3 Å². The molecule has 4 N–H and O–H groups in total. The largest absolute Gasteiger partial charge is 0.468 e. The molecule has 0 aliphatic carbocycles. The standard InChI is InChI=1S/C13H16N2O4.C5H8N2S/c1-19-12(17)8-14-13(18)11(15-9-16)7-10-5-3-2-4-6-10;1-2-4-3-8-5(6)7-4/h2-6,9,11H,7-8H2,1H3,(H,14,18)(H,15,16);3H,2H2,1H3,(H2,6,7). The molecule has 1 aromatic carbocycles. The van der Waals surface area contributed by atoms with Crippen molar-refractivity contribution >= 4 is 34.8 Å². The number of hydrogen-bond donors (Lipinski definition) is 3. The van der Waals surface area contributed by atoms with E-state index in [1.807, 2.05) is 35.7 Å². The van der Waals surface area contributed by atoms with E-state index in [1.165, 1.54) is 18.4 Å². The Morgan fingerprint density at radius 3 is 2.52 bits per heavy atom. The van der Waals surface area contributed by atoms with Crippen LogP contribution in [0.3, 0.4) is 0 Å². The highest BCUT2D eigenvalue weighted by molar-refractivity contribution is 7.13. The zero-order valence-corrected chi connectivity index (χ0v) is 16.1. The van der Waals surface area contributed by atoms with Crippen LogP contribution >= 0.6 is 11.3 Å². The number of benzene rings is 1. The number of ether oxygens (including phenoxy) is 1. The van der Waals surface area contributed by atoms with Crippen LogP contribution in [0.5, 0.6) is 0 Å². The third-order valence-electron chi connectivity index (χ3n) is 3.43. The van der Waals surface area contributed by atoms with Gasteiger partial charge in [-0.2, -0.15) is 0 Å². The maximum Gasteiger partial charge on any atom is 0.325 e. The lowest BCUT2D eigenvalue weighted by Crippen LogP contribution is -2.46. The number of aryl methyl sites for hydroxylation is 1. The minimum atomic E-state index is -0.718. The van der Waals surface area contributed by atoms with Gasteiger partial charge in [-0.05, 0) is 12.0 Å². The molecule has 9 heteroatoms. The van der Waals surface area contributed by atoms with Gasteiger partial charge in [-0.1, -0.05) is 37.3 Å². The van der Waals surface area contributed by atoms with Crippen molar-refractivity contribution in [2.24, 2.45) is 0 Å². The smallest absolute Gasteiger partial charge is 0.325 e. The van der Waals surface area contributed by atoms with Gasteiger partial charge in [0.1, 0.15) is 12.6 Å². The van der Waals surface area contributed by atoms with Crippen molar-refractivity contribution in [2.75, 3.05) is 19.4 Å². The molecule has 2 aromatic rings. The predicted molar refractivity (Wildman–Crippen MR) is 104 cm³/mol. The van der Waals surface area contributed by atoms with Crippen molar-refractivity contribution in [3.63, 3.8) is 0 Å². The Labute approximate surface area is 162 Å². The Balaban J connectivity index is 0.000000377.